The number of imidazole rings is 1. The highest BCUT2D eigenvalue weighted by Crippen LogP contribution is 2.17. The number of fused-ring (bicyclic) bond motifs is 1. The first-order valence-corrected chi connectivity index (χ1v) is 8.28. The fourth-order valence-corrected chi connectivity index (χ4v) is 2.22. The highest BCUT2D eigenvalue weighted by Gasteiger charge is 2.11. The van der Waals surface area contributed by atoms with Gasteiger partial charge in [-0.1, -0.05) is 19.2 Å². The van der Waals surface area contributed by atoms with E-state index in [0.29, 0.717) is 22.9 Å². The van der Waals surface area contributed by atoms with Gasteiger partial charge in [-0.25, -0.2) is 9.50 Å². The van der Waals surface area contributed by atoms with E-state index >= 15 is 0 Å². The summed E-state index contributed by atoms with van der Waals surface area (Å²) in [5.74, 6) is 0.467. The third-order valence-electron chi connectivity index (χ3n) is 3.75. The van der Waals surface area contributed by atoms with Crippen LogP contribution in [0.4, 0.5) is 5.82 Å². The molecule has 27 heavy (non-hydrogen) atoms. The Kier molecular flexibility index (Phi) is 6.48. The molecule has 0 aliphatic rings. The molecule has 0 radical (unpaired) electrons. The Morgan fingerprint density at radius 3 is 2.70 bits per heavy atom. The van der Waals surface area contributed by atoms with Crippen molar-refractivity contribution in [2.24, 2.45) is 0 Å². The summed E-state index contributed by atoms with van der Waals surface area (Å²) in [5.41, 5.74) is 1.97. The monoisotopic (exact) mass is 369 g/mol. The minimum absolute atomic E-state index is 0.0893. The second-order valence-corrected chi connectivity index (χ2v) is 5.96. The van der Waals surface area contributed by atoms with E-state index in [2.05, 4.69) is 28.6 Å². The summed E-state index contributed by atoms with van der Waals surface area (Å²) in [6, 6.07) is 3.57. The lowest BCUT2D eigenvalue weighted by atomic mass is 10.1. The van der Waals surface area contributed by atoms with E-state index in [-0.39, 0.29) is 24.7 Å². The number of amides is 2. The molecule has 0 spiro atoms. The predicted octanol–water partition coefficient (Wildman–Crippen LogP) is 2.27. The maximum atomic E-state index is 12.0. The van der Waals surface area contributed by atoms with Crippen molar-refractivity contribution in [3.05, 3.63) is 55.1 Å². The summed E-state index contributed by atoms with van der Waals surface area (Å²) >= 11 is 0. The number of ether oxygens (including phenoxy) is 1. The highest BCUT2D eigenvalue weighted by atomic mass is 16.5. The van der Waals surface area contributed by atoms with Gasteiger partial charge in [0.15, 0.2) is 11.5 Å². The number of nitrogens with one attached hydrogen (secondary N) is 1. The molecule has 0 saturated heterocycles. The molecule has 0 aliphatic heterocycles. The fourth-order valence-electron chi connectivity index (χ4n) is 2.22. The molecule has 2 aromatic rings. The van der Waals surface area contributed by atoms with Gasteiger partial charge in [0.1, 0.15) is 5.76 Å². The summed E-state index contributed by atoms with van der Waals surface area (Å²) in [6.07, 6.45) is 5.22. The molecule has 2 rings (SSSR count). The van der Waals surface area contributed by atoms with E-state index in [1.807, 2.05) is 0 Å². The van der Waals surface area contributed by atoms with E-state index < -0.39 is 0 Å². The van der Waals surface area contributed by atoms with Crippen LogP contribution in [-0.4, -0.2) is 52.5 Å². The van der Waals surface area contributed by atoms with Gasteiger partial charge in [0.05, 0.1) is 19.0 Å². The van der Waals surface area contributed by atoms with Gasteiger partial charge in [0.25, 0.3) is 0 Å². The second-order valence-electron chi connectivity index (χ2n) is 5.96. The van der Waals surface area contributed by atoms with Crippen molar-refractivity contribution in [2.45, 2.75) is 12.8 Å². The minimum Gasteiger partial charge on any atom is -0.497 e. The highest BCUT2D eigenvalue weighted by molar-refractivity contribution is 5.92. The van der Waals surface area contributed by atoms with E-state index in [1.165, 1.54) is 12.0 Å². The van der Waals surface area contributed by atoms with Crippen molar-refractivity contribution >= 4 is 28.9 Å². The van der Waals surface area contributed by atoms with Crippen LogP contribution in [0.5, 0.6) is 0 Å². The maximum absolute atomic E-state index is 12.0. The Bertz CT molecular complexity index is 911. The average molecular weight is 369 g/mol. The first kappa shape index (κ1) is 19.9. The first-order valence-electron chi connectivity index (χ1n) is 8.28. The van der Waals surface area contributed by atoms with Gasteiger partial charge in [0.2, 0.25) is 11.8 Å². The van der Waals surface area contributed by atoms with Crippen molar-refractivity contribution < 1.29 is 14.3 Å². The predicted molar refractivity (Wildman–Crippen MR) is 104 cm³/mol. The standard InChI is InChI=1S/C19H23N5O3/c1-6-14(11-13(2)27-5)15-7-8-17-20-16(12-24(17)22-15)21-18(25)9-10-19(26)23(3)4/h6-8,11-12H,1-2,9-10H2,3-5H3,(H,21,25)/b14-11+. The van der Waals surface area contributed by atoms with Crippen molar-refractivity contribution in [2.75, 3.05) is 26.5 Å². The molecule has 1 N–H and O–H groups in total. The zero-order valence-electron chi connectivity index (χ0n) is 15.7. The Labute approximate surface area is 157 Å². The largest absolute Gasteiger partial charge is 0.497 e. The van der Waals surface area contributed by atoms with Crippen LogP contribution in [0.1, 0.15) is 18.5 Å². The van der Waals surface area contributed by atoms with Crippen LogP contribution >= 0.6 is 0 Å². The number of allylic oxidation sites excluding steroid dienone is 3. The van der Waals surface area contributed by atoms with Crippen molar-refractivity contribution in [1.82, 2.24) is 19.5 Å². The Morgan fingerprint density at radius 2 is 2.07 bits per heavy atom. The molecule has 2 amide bonds. The first-order chi connectivity index (χ1) is 12.8. The molecule has 0 saturated carbocycles. The Morgan fingerprint density at radius 1 is 1.33 bits per heavy atom. The number of methoxy groups -OCH3 is 1. The van der Waals surface area contributed by atoms with Crippen LogP contribution in [-0.2, 0) is 14.3 Å². The lowest BCUT2D eigenvalue weighted by Gasteiger charge is -2.09. The van der Waals surface area contributed by atoms with Crippen LogP contribution in [0.15, 0.2) is 49.4 Å². The third-order valence-corrected chi connectivity index (χ3v) is 3.75. The molecule has 0 unspecified atom stereocenters. The molecule has 0 aromatic carbocycles. The maximum Gasteiger partial charge on any atom is 0.226 e. The fraction of sp³-hybridized carbons (Fsp3) is 0.263. The number of hydrogen-bond donors (Lipinski definition) is 1. The summed E-state index contributed by atoms with van der Waals surface area (Å²) in [4.78, 5) is 29.3. The molecule has 2 aromatic heterocycles. The summed E-state index contributed by atoms with van der Waals surface area (Å²) in [5, 5.41) is 7.14. The van der Waals surface area contributed by atoms with Gasteiger partial charge in [-0.15, -0.1) is 0 Å². The number of aromatic nitrogens is 3. The lowest BCUT2D eigenvalue weighted by Crippen LogP contribution is -2.23. The van der Waals surface area contributed by atoms with E-state index in [0.717, 1.165) is 5.57 Å². The number of carbonyl (C=O) groups is 2. The van der Waals surface area contributed by atoms with E-state index in [1.54, 1.807) is 49.1 Å². The van der Waals surface area contributed by atoms with Crippen molar-refractivity contribution in [1.29, 1.82) is 0 Å². The smallest absolute Gasteiger partial charge is 0.226 e. The average Bonchev–Trinajstić information content (AvgIpc) is 3.04. The molecule has 2 heterocycles. The SMILES string of the molecule is C=C/C(=C\C(=C)OC)c1ccc2nc(NC(=O)CCC(=O)N(C)C)cn2n1. The lowest BCUT2D eigenvalue weighted by molar-refractivity contribution is -0.130. The molecule has 8 heteroatoms. The topological polar surface area (TPSA) is 88.8 Å². The van der Waals surface area contributed by atoms with Gasteiger partial charge >= 0.3 is 0 Å². The van der Waals surface area contributed by atoms with Crippen LogP contribution in [0.25, 0.3) is 11.2 Å². The zero-order chi connectivity index (χ0) is 20.0. The Balaban J connectivity index is 2.14. The van der Waals surface area contributed by atoms with Crippen LogP contribution < -0.4 is 5.32 Å². The molecular weight excluding hydrogens is 346 g/mol. The third kappa shape index (κ3) is 5.27. The van der Waals surface area contributed by atoms with E-state index in [9.17, 15) is 9.59 Å². The van der Waals surface area contributed by atoms with Gasteiger partial charge < -0.3 is 15.0 Å². The van der Waals surface area contributed by atoms with Gasteiger partial charge in [-0.05, 0) is 18.2 Å². The number of nitrogens with zero attached hydrogens (tertiary/aromatic N) is 4. The van der Waals surface area contributed by atoms with Gasteiger partial charge in [-0.3, -0.25) is 9.59 Å². The molecule has 0 aliphatic carbocycles. The molecule has 142 valence electrons. The van der Waals surface area contributed by atoms with Crippen LogP contribution in [0.3, 0.4) is 0 Å². The second kappa shape index (κ2) is 8.79. The quantitative estimate of drug-likeness (QED) is 0.570. The van der Waals surface area contributed by atoms with Gasteiger partial charge in [-0.2, -0.15) is 5.10 Å². The number of rotatable bonds is 8. The Hall–Kier alpha value is -3.42. The molecule has 0 atom stereocenters. The van der Waals surface area contributed by atoms with Crippen LogP contribution in [0.2, 0.25) is 0 Å². The molecular formula is C19H23N5O3. The number of hydrogen-bond acceptors (Lipinski definition) is 5. The summed E-state index contributed by atoms with van der Waals surface area (Å²) < 4.78 is 6.61. The van der Waals surface area contributed by atoms with Crippen LogP contribution in [0, 0.1) is 0 Å². The molecule has 0 fully saturated rings. The minimum atomic E-state index is -0.281. The van der Waals surface area contributed by atoms with Crippen molar-refractivity contribution in [3.8, 4) is 0 Å². The molecule has 8 nitrogen and oxygen atoms in total. The zero-order valence-corrected chi connectivity index (χ0v) is 15.7. The number of anilines is 1. The molecule has 0 bridgehead atoms. The summed E-state index contributed by atoms with van der Waals surface area (Å²) in [6.45, 7) is 7.54. The van der Waals surface area contributed by atoms with E-state index in [4.69, 9.17) is 4.74 Å². The van der Waals surface area contributed by atoms with Gasteiger partial charge in [0, 0.05) is 32.5 Å². The normalized spacial score (nSPS) is 11.1. The van der Waals surface area contributed by atoms with Crippen molar-refractivity contribution in [3.63, 3.8) is 0 Å². The number of carbonyl (C=O) groups excluding carboxylic acids is 2. The summed E-state index contributed by atoms with van der Waals surface area (Å²) in [7, 11) is 4.84.